The monoisotopic (exact) mass is 229 g/mol. The predicted octanol–water partition coefficient (Wildman–Crippen LogP) is -1.03. The van der Waals surface area contributed by atoms with Crippen LogP contribution in [-0.2, 0) is 4.74 Å². The van der Waals surface area contributed by atoms with Crippen molar-refractivity contribution in [3.05, 3.63) is 5.69 Å². The van der Waals surface area contributed by atoms with Gasteiger partial charge in [0.25, 0.3) is 0 Å². The van der Waals surface area contributed by atoms with Gasteiger partial charge in [-0.05, 0) is 16.7 Å². The van der Waals surface area contributed by atoms with E-state index in [2.05, 4.69) is 25.3 Å². The Bertz CT molecular complexity index is 338. The second-order valence-electron chi connectivity index (χ2n) is 2.92. The quantitative estimate of drug-likeness (QED) is 0.324. The van der Waals surface area contributed by atoms with Crippen molar-refractivity contribution >= 4 is 11.7 Å². The molecule has 0 radical (unpaired) electrons. The van der Waals surface area contributed by atoms with Crippen LogP contribution in [0.15, 0.2) is 9.62 Å². The highest BCUT2D eigenvalue weighted by Gasteiger charge is 2.12. The number of aliphatic hydroxyl groups is 1. The van der Waals surface area contributed by atoms with Crippen LogP contribution in [0.3, 0.4) is 0 Å². The number of hydrogen-bond acceptors (Lipinski definition) is 7. The molecule has 0 atom stereocenters. The van der Waals surface area contributed by atoms with Gasteiger partial charge in [-0.1, -0.05) is 0 Å². The summed E-state index contributed by atoms with van der Waals surface area (Å²) in [6.45, 7) is 0.893. The number of methoxy groups -OCH3 is 1. The summed E-state index contributed by atoms with van der Waals surface area (Å²) in [7, 11) is 1.63. The molecule has 0 saturated heterocycles. The van der Waals surface area contributed by atoms with Crippen LogP contribution in [0, 0.1) is 0 Å². The van der Waals surface area contributed by atoms with Crippen molar-refractivity contribution in [3.8, 4) is 0 Å². The maximum absolute atomic E-state index is 8.76. The molecule has 0 spiro atoms. The molecular formula is C8H15N5O3. The number of hydrogen-bond donors (Lipinski definition) is 3. The molecule has 4 N–H and O–H groups in total. The fourth-order valence-electron chi connectivity index (χ4n) is 1.07. The van der Waals surface area contributed by atoms with Crippen molar-refractivity contribution in [2.24, 2.45) is 4.99 Å². The van der Waals surface area contributed by atoms with Gasteiger partial charge in [-0.3, -0.25) is 0 Å². The van der Waals surface area contributed by atoms with E-state index in [0.29, 0.717) is 24.7 Å². The average Bonchev–Trinajstić information content (AvgIpc) is 2.69. The fourth-order valence-corrected chi connectivity index (χ4v) is 1.07. The summed E-state index contributed by atoms with van der Waals surface area (Å²) in [5.74, 6) is 0.490. The van der Waals surface area contributed by atoms with E-state index < -0.39 is 0 Å². The molecule has 8 heteroatoms. The highest BCUT2D eigenvalue weighted by Crippen LogP contribution is 2.04. The number of aromatic nitrogens is 2. The number of anilines is 1. The second kappa shape index (κ2) is 6.75. The molecule has 0 aliphatic carbocycles. The van der Waals surface area contributed by atoms with E-state index in [1.54, 1.807) is 7.11 Å². The third kappa shape index (κ3) is 3.48. The number of ether oxygens (including phenoxy) is 1. The predicted molar refractivity (Wildman–Crippen MR) is 56.8 cm³/mol. The van der Waals surface area contributed by atoms with Crippen molar-refractivity contribution in [1.82, 2.24) is 15.6 Å². The molecule has 90 valence electrons. The maximum atomic E-state index is 8.76. The van der Waals surface area contributed by atoms with E-state index in [1.165, 1.54) is 0 Å². The normalized spacial score (nSPS) is 11.8. The summed E-state index contributed by atoms with van der Waals surface area (Å²) >= 11 is 0. The molecule has 0 fully saturated rings. The minimum Gasteiger partial charge on any atom is -0.385 e. The number of amidine groups is 1. The molecule has 1 heterocycles. The van der Waals surface area contributed by atoms with Crippen LogP contribution in [0.2, 0.25) is 0 Å². The number of rotatable bonds is 6. The molecule has 0 bridgehead atoms. The van der Waals surface area contributed by atoms with Gasteiger partial charge in [-0.15, -0.1) is 0 Å². The highest BCUT2D eigenvalue weighted by molar-refractivity contribution is 6.00. The van der Waals surface area contributed by atoms with Gasteiger partial charge in [0.1, 0.15) is 6.73 Å². The Morgan fingerprint density at radius 3 is 3.00 bits per heavy atom. The Kier molecular flexibility index (Phi) is 5.23. The third-order valence-corrected chi connectivity index (χ3v) is 1.78. The van der Waals surface area contributed by atoms with Crippen molar-refractivity contribution in [1.29, 1.82) is 0 Å². The second-order valence-corrected chi connectivity index (χ2v) is 2.92. The fraction of sp³-hybridized carbons (Fsp3) is 0.625. The number of nitrogens with one attached hydrogen (secondary N) is 1. The molecular weight excluding hydrogens is 214 g/mol. The van der Waals surface area contributed by atoms with Crippen LogP contribution in [-0.4, -0.2) is 48.2 Å². The molecule has 0 unspecified atom stereocenters. The number of aliphatic hydroxyl groups excluding tert-OH is 1. The van der Waals surface area contributed by atoms with Gasteiger partial charge < -0.3 is 20.9 Å². The molecule has 1 rings (SSSR count). The summed E-state index contributed by atoms with van der Waals surface area (Å²) in [6.07, 6.45) is 0.798. The van der Waals surface area contributed by atoms with E-state index in [-0.39, 0.29) is 12.5 Å². The maximum Gasteiger partial charge on any atom is 0.199 e. The molecule has 16 heavy (non-hydrogen) atoms. The molecule has 0 aliphatic rings. The lowest BCUT2D eigenvalue weighted by Gasteiger charge is -2.06. The van der Waals surface area contributed by atoms with Crippen molar-refractivity contribution in [3.63, 3.8) is 0 Å². The van der Waals surface area contributed by atoms with Gasteiger partial charge >= 0.3 is 0 Å². The Balaban J connectivity index is 2.56. The van der Waals surface area contributed by atoms with E-state index in [9.17, 15) is 0 Å². The van der Waals surface area contributed by atoms with Crippen LogP contribution >= 0.6 is 0 Å². The van der Waals surface area contributed by atoms with Crippen LogP contribution in [0.1, 0.15) is 12.1 Å². The lowest BCUT2D eigenvalue weighted by Crippen LogP contribution is -2.27. The summed E-state index contributed by atoms with van der Waals surface area (Å²) in [5, 5.41) is 18.7. The minimum atomic E-state index is -0.362. The highest BCUT2D eigenvalue weighted by atomic mass is 16.6. The van der Waals surface area contributed by atoms with Crippen LogP contribution in [0.5, 0.6) is 0 Å². The Labute approximate surface area is 92.5 Å². The molecule has 1 aromatic rings. The van der Waals surface area contributed by atoms with Crippen LogP contribution in [0.4, 0.5) is 5.82 Å². The number of aliphatic imine (C=N–C) groups is 1. The van der Waals surface area contributed by atoms with Crippen molar-refractivity contribution in [2.45, 2.75) is 6.42 Å². The van der Waals surface area contributed by atoms with Gasteiger partial charge in [-0.2, -0.15) is 0 Å². The number of nitrogen functional groups attached to an aromatic ring is 1. The number of nitrogens with zero attached hydrogens (tertiary/aromatic N) is 3. The topological polar surface area (TPSA) is 119 Å². The summed E-state index contributed by atoms with van der Waals surface area (Å²) in [5.41, 5.74) is 5.81. The zero-order chi connectivity index (χ0) is 11.8. The van der Waals surface area contributed by atoms with E-state index in [0.717, 1.165) is 6.42 Å². The third-order valence-electron chi connectivity index (χ3n) is 1.78. The zero-order valence-corrected chi connectivity index (χ0v) is 9.01. The first-order chi connectivity index (χ1) is 7.79. The van der Waals surface area contributed by atoms with Gasteiger partial charge in [-0.25, -0.2) is 9.62 Å². The average molecular weight is 229 g/mol. The largest absolute Gasteiger partial charge is 0.385 e. The standard InChI is InChI=1S/C8H15N5O3/c1-15-4-2-3-10-8(11-5-14)6-7(9)13-16-12-6/h14H,2-5H2,1H3,(H2,9,13)(H,10,11). The lowest BCUT2D eigenvalue weighted by molar-refractivity contribution is 0.195. The Hall–Kier alpha value is -1.67. The molecule has 0 amide bonds. The summed E-state index contributed by atoms with van der Waals surface area (Å²) in [6, 6.07) is 0. The lowest BCUT2D eigenvalue weighted by atomic mass is 10.3. The molecule has 0 aliphatic heterocycles. The first-order valence-electron chi connectivity index (χ1n) is 4.76. The van der Waals surface area contributed by atoms with Crippen LogP contribution in [0.25, 0.3) is 0 Å². The Morgan fingerprint density at radius 2 is 2.44 bits per heavy atom. The first-order valence-corrected chi connectivity index (χ1v) is 4.76. The molecule has 8 nitrogen and oxygen atoms in total. The van der Waals surface area contributed by atoms with Gasteiger partial charge in [0.05, 0.1) is 0 Å². The summed E-state index contributed by atoms with van der Waals surface area (Å²) in [4.78, 5) is 3.80. The van der Waals surface area contributed by atoms with E-state index >= 15 is 0 Å². The molecule has 0 aromatic carbocycles. The summed E-state index contributed by atoms with van der Waals surface area (Å²) < 4.78 is 9.35. The Morgan fingerprint density at radius 1 is 1.62 bits per heavy atom. The van der Waals surface area contributed by atoms with Crippen molar-refractivity contribution in [2.75, 3.05) is 32.7 Å². The smallest absolute Gasteiger partial charge is 0.199 e. The van der Waals surface area contributed by atoms with Gasteiger partial charge in [0.2, 0.25) is 0 Å². The zero-order valence-electron chi connectivity index (χ0n) is 9.01. The SMILES string of the molecule is COCCCN/C(=N\CO)c1nonc1N. The van der Waals surface area contributed by atoms with E-state index in [1.807, 2.05) is 0 Å². The van der Waals surface area contributed by atoms with Crippen LogP contribution < -0.4 is 11.1 Å². The number of nitrogens with two attached hydrogens (primary N) is 1. The van der Waals surface area contributed by atoms with Gasteiger partial charge in [0, 0.05) is 20.3 Å². The molecule has 1 aromatic heterocycles. The van der Waals surface area contributed by atoms with E-state index in [4.69, 9.17) is 15.6 Å². The molecule has 0 saturated carbocycles. The van der Waals surface area contributed by atoms with Crippen molar-refractivity contribution < 1.29 is 14.5 Å². The first kappa shape index (κ1) is 12.4. The van der Waals surface area contributed by atoms with Gasteiger partial charge in [0.15, 0.2) is 17.3 Å². The minimum absolute atomic E-state index is 0.131.